The molecule has 4 aromatic carbocycles. The molecule has 2 heterocycles. The highest BCUT2D eigenvalue weighted by Crippen LogP contribution is 2.35. The molecule has 0 saturated carbocycles. The summed E-state index contributed by atoms with van der Waals surface area (Å²) in [6.07, 6.45) is -7.05. The number of ether oxygens (including phenoxy) is 4. The molecule has 0 aromatic heterocycles. The van der Waals surface area contributed by atoms with Crippen LogP contribution in [0.2, 0.25) is 0 Å². The second-order valence-electron chi connectivity index (χ2n) is 21.8. The number of aliphatic carboxylic acids is 1. The number of carbonyl (C=O) groups excluding carboxylic acids is 7. The Morgan fingerprint density at radius 3 is 1.53 bits per heavy atom. The topological polar surface area (TPSA) is 375 Å². The van der Waals surface area contributed by atoms with Gasteiger partial charge in [0.25, 0.3) is 17.6 Å². The normalized spacial score (nSPS) is 22.9. The van der Waals surface area contributed by atoms with E-state index >= 15 is 0 Å². The van der Waals surface area contributed by atoms with Crippen molar-refractivity contribution in [3.63, 3.8) is 0 Å². The second-order valence-corrected chi connectivity index (χ2v) is 24.2. The molecule has 0 bridgehead atoms. The third kappa shape index (κ3) is 22.6. The maximum absolute atomic E-state index is 13.0. The molecule has 0 spiro atoms. The van der Waals surface area contributed by atoms with E-state index in [9.17, 15) is 74.1 Å². The van der Waals surface area contributed by atoms with E-state index in [1.54, 1.807) is 48.5 Å². The molecule has 5 amide bonds. The van der Waals surface area contributed by atoms with Crippen molar-refractivity contribution in [2.45, 2.75) is 125 Å². The Labute approximate surface area is 535 Å². The lowest BCUT2D eigenvalue weighted by Gasteiger charge is -2.46. The summed E-state index contributed by atoms with van der Waals surface area (Å²) in [5.74, 6) is -6.83. The summed E-state index contributed by atoms with van der Waals surface area (Å²) in [5, 5.41) is 89.8. The van der Waals surface area contributed by atoms with Gasteiger partial charge in [0.2, 0.25) is 23.5 Å². The van der Waals surface area contributed by atoms with Crippen LogP contribution in [0.25, 0.3) is 22.3 Å². The van der Waals surface area contributed by atoms with Crippen molar-refractivity contribution < 1.29 is 93.0 Å². The first-order valence-electron chi connectivity index (χ1n) is 29.8. The third-order valence-electron chi connectivity index (χ3n) is 14.8. The van der Waals surface area contributed by atoms with E-state index < -0.39 is 128 Å². The van der Waals surface area contributed by atoms with Crippen LogP contribution in [0.15, 0.2) is 133 Å². The molecule has 6 rings (SSSR count). The molecule has 26 heteroatoms. The zero-order valence-electron chi connectivity index (χ0n) is 50.5. The fourth-order valence-corrected chi connectivity index (χ4v) is 11.7. The van der Waals surface area contributed by atoms with Crippen LogP contribution < -0.4 is 26.6 Å². The lowest BCUT2D eigenvalue weighted by molar-refractivity contribution is -0.310. The number of aliphatic hydroxyl groups is 6. The lowest BCUT2D eigenvalue weighted by Crippen LogP contribution is -2.68. The highest BCUT2D eigenvalue weighted by atomic mass is 32.2. The molecular formula is C65H81N5O19S2. The summed E-state index contributed by atoms with van der Waals surface area (Å²) >= 11 is 2.97. The van der Waals surface area contributed by atoms with Crippen LogP contribution in [0, 0.1) is 0 Å². The molecule has 0 unspecified atom stereocenters. The number of hydrogen-bond donors (Lipinski definition) is 12. The molecule has 0 radical (unpaired) electrons. The molecule has 12 N–H and O–H groups in total. The number of carbonyl (C=O) groups is 8. The number of aliphatic hydroxyl groups excluding tert-OH is 6. The largest absolute Gasteiger partial charge is 0.477 e. The number of carboxylic acids is 1. The van der Waals surface area contributed by atoms with Gasteiger partial charge in [-0.1, -0.05) is 97.1 Å². The Bertz CT molecular complexity index is 3070. The SMILES string of the molecule is CC(=O)N[C@H]1[C@H]([C@H](O)[C@H](O)CNC(=O)c2ccc(-c3ccccc3)cc2)O[C@](C=O)(OCCCSCCNC(=O)/C=C/C=C/C(=O)CCCSCCCO[C@]2(C(=O)O)C[C@H](O)[C@@H](NC(C)=O)[C@H]([C@H](O)[C@H](O)CNC(=O)c3ccc(-c4ccccc4)cc3)O2)C[C@@H]1O. The number of aldehydes is 1. The zero-order valence-corrected chi connectivity index (χ0v) is 52.1. The van der Waals surface area contributed by atoms with E-state index in [0.29, 0.717) is 60.7 Å². The molecule has 4 aromatic rings. The Kier molecular flexibility index (Phi) is 29.4. The average Bonchev–Trinajstić information content (AvgIpc) is 0.817. The summed E-state index contributed by atoms with van der Waals surface area (Å²) in [5.41, 5.74) is 4.26. The molecule has 12 atom stereocenters. The van der Waals surface area contributed by atoms with E-state index in [-0.39, 0.29) is 36.9 Å². The fraction of sp³-hybridized carbons (Fsp3) is 0.446. The van der Waals surface area contributed by atoms with Gasteiger partial charge in [0.15, 0.2) is 12.1 Å². The first kappa shape index (κ1) is 72.9. The number of nitrogens with one attached hydrogen (secondary N) is 5. The molecule has 2 fully saturated rings. The Morgan fingerprint density at radius 1 is 0.582 bits per heavy atom. The maximum Gasteiger partial charge on any atom is 0.364 e. The van der Waals surface area contributed by atoms with Crippen LogP contribution in [0.1, 0.15) is 73.1 Å². The maximum atomic E-state index is 13.0. The quantitative estimate of drug-likeness (QED) is 0.0135. The predicted octanol–water partition coefficient (Wildman–Crippen LogP) is 2.47. The summed E-state index contributed by atoms with van der Waals surface area (Å²) in [6.45, 7) is 1.55. The van der Waals surface area contributed by atoms with Crippen LogP contribution in [0.3, 0.4) is 0 Å². The van der Waals surface area contributed by atoms with Crippen molar-refractivity contribution in [3.8, 4) is 22.3 Å². The van der Waals surface area contributed by atoms with Gasteiger partial charge in [-0.3, -0.25) is 33.6 Å². The van der Waals surface area contributed by atoms with E-state index in [4.69, 9.17) is 18.9 Å². The van der Waals surface area contributed by atoms with Gasteiger partial charge in [-0.25, -0.2) is 4.79 Å². The van der Waals surface area contributed by atoms with Crippen molar-refractivity contribution in [2.24, 2.45) is 0 Å². The highest BCUT2D eigenvalue weighted by molar-refractivity contribution is 7.99. The summed E-state index contributed by atoms with van der Waals surface area (Å²) < 4.78 is 23.3. The van der Waals surface area contributed by atoms with Gasteiger partial charge < -0.3 is 81.3 Å². The molecule has 2 aliphatic rings. The monoisotopic (exact) mass is 1300 g/mol. The number of thioether (sulfide) groups is 2. The molecule has 24 nitrogen and oxygen atoms in total. The predicted molar refractivity (Wildman–Crippen MR) is 339 cm³/mol. The standard InChI is InChI=1S/C65H81N5O19S2/c1-41(72)69-55-50(75)36-64(40-71,88-59(55)57(80)52(77)38-67-61(82)47-25-21-45(22-26-47)43-14-5-3-6-15-43)86-30-12-34-91-35-29-66-54(79)20-10-9-18-49(74)19-11-32-90-33-13-31-87-65(63(84)85)37-51(76)56(70-42(2)73)60(89-65)58(81)53(78)39-68-62(83)48-27-23-46(24-28-48)44-16-7-4-8-17-44/h3-10,14-18,20-28,40,50-53,55-60,75-78,80-81H,11-13,19,29-39H2,1-2H3,(H,66,79)(H,67,82)(H,68,83)(H,69,72)(H,70,73)(H,84,85)/b18-9+,20-10+/t50-,51-,52+,53+,55+,56+,57+,58+,59+,60+,64+,65+/m0/s1. The van der Waals surface area contributed by atoms with Crippen LogP contribution in [0.4, 0.5) is 0 Å². The summed E-state index contributed by atoms with van der Waals surface area (Å²) in [7, 11) is 0. The van der Waals surface area contributed by atoms with Gasteiger partial charge in [-0.05, 0) is 89.1 Å². The van der Waals surface area contributed by atoms with Crippen LogP contribution in [0.5, 0.6) is 0 Å². The number of hydrogen-bond acceptors (Lipinski definition) is 20. The first-order chi connectivity index (χ1) is 43.6. The van der Waals surface area contributed by atoms with Crippen molar-refractivity contribution in [1.29, 1.82) is 0 Å². The van der Waals surface area contributed by atoms with Gasteiger partial charge in [0.05, 0.1) is 49.7 Å². The van der Waals surface area contributed by atoms with Crippen LogP contribution in [-0.2, 0) is 47.7 Å². The van der Waals surface area contributed by atoms with Gasteiger partial charge in [-0.2, -0.15) is 23.5 Å². The van der Waals surface area contributed by atoms with Crippen molar-refractivity contribution in [3.05, 3.63) is 145 Å². The van der Waals surface area contributed by atoms with Gasteiger partial charge in [0.1, 0.15) is 24.4 Å². The number of carboxylic acid groups (broad SMARTS) is 1. The van der Waals surface area contributed by atoms with E-state index in [0.717, 1.165) is 29.2 Å². The average molecular weight is 1300 g/mol. The Hall–Kier alpha value is -7.18. The highest BCUT2D eigenvalue weighted by Gasteiger charge is 2.56. The molecule has 2 aliphatic heterocycles. The number of benzene rings is 4. The van der Waals surface area contributed by atoms with Crippen molar-refractivity contribution in [1.82, 2.24) is 26.6 Å². The van der Waals surface area contributed by atoms with E-state index in [1.165, 1.54) is 54.8 Å². The number of ketones is 1. The van der Waals surface area contributed by atoms with Gasteiger partial charge in [0, 0.05) is 75.7 Å². The van der Waals surface area contributed by atoms with Crippen molar-refractivity contribution >= 4 is 71.1 Å². The lowest BCUT2D eigenvalue weighted by atomic mass is 9.88. The summed E-state index contributed by atoms with van der Waals surface area (Å²) in [6, 6.07) is 30.0. The van der Waals surface area contributed by atoms with Crippen molar-refractivity contribution in [2.75, 3.05) is 55.9 Å². The zero-order chi connectivity index (χ0) is 65.9. The van der Waals surface area contributed by atoms with E-state index in [1.807, 2.05) is 60.7 Å². The minimum Gasteiger partial charge on any atom is -0.477 e. The molecule has 91 heavy (non-hydrogen) atoms. The molecule has 492 valence electrons. The van der Waals surface area contributed by atoms with Gasteiger partial charge in [-0.15, -0.1) is 0 Å². The van der Waals surface area contributed by atoms with Crippen LogP contribution in [-0.4, -0.2) is 212 Å². The van der Waals surface area contributed by atoms with E-state index in [2.05, 4.69) is 26.6 Å². The smallest absolute Gasteiger partial charge is 0.364 e. The first-order valence-corrected chi connectivity index (χ1v) is 32.1. The molecule has 2 saturated heterocycles. The minimum absolute atomic E-state index is 0.0172. The third-order valence-corrected chi connectivity index (χ3v) is 17.0. The molecule has 0 aliphatic carbocycles. The number of allylic oxidation sites excluding steroid dienone is 3. The number of amides is 5. The Morgan fingerprint density at radius 2 is 1.03 bits per heavy atom. The second kappa shape index (κ2) is 36.8. The minimum atomic E-state index is -2.47. The summed E-state index contributed by atoms with van der Waals surface area (Å²) in [4.78, 5) is 100. The van der Waals surface area contributed by atoms with Gasteiger partial charge >= 0.3 is 5.97 Å². The number of rotatable bonds is 36. The van der Waals surface area contributed by atoms with Crippen LogP contribution >= 0.6 is 23.5 Å². The Balaban J connectivity index is 0.828. The molecular weight excluding hydrogens is 1220 g/mol. The fourth-order valence-electron chi connectivity index (χ4n) is 10.1.